The highest BCUT2D eigenvalue weighted by Gasteiger charge is 2.36. The molecule has 0 aliphatic carbocycles. The molecule has 0 spiro atoms. The van der Waals surface area contributed by atoms with Gasteiger partial charge in [-0.05, 0) is 55.3 Å². The Kier molecular flexibility index (Phi) is 4.87. The van der Waals surface area contributed by atoms with Crippen LogP contribution in [0.5, 0.6) is 0 Å². The first-order chi connectivity index (χ1) is 13.0. The highest BCUT2D eigenvalue weighted by Crippen LogP contribution is 2.36. The summed E-state index contributed by atoms with van der Waals surface area (Å²) < 4.78 is 13.5. The van der Waals surface area contributed by atoms with Gasteiger partial charge in [0.2, 0.25) is 0 Å². The third-order valence-electron chi connectivity index (χ3n) is 5.93. The molecule has 1 fully saturated rings. The van der Waals surface area contributed by atoms with Crippen LogP contribution in [0.3, 0.4) is 0 Å². The minimum atomic E-state index is -0.258. The summed E-state index contributed by atoms with van der Waals surface area (Å²) >= 11 is 0. The highest BCUT2D eigenvalue weighted by atomic mass is 19.1. The van der Waals surface area contributed by atoms with Crippen molar-refractivity contribution in [1.82, 2.24) is 14.7 Å². The van der Waals surface area contributed by atoms with Crippen LogP contribution < -0.4 is 0 Å². The minimum Gasteiger partial charge on any atom is -0.323 e. The van der Waals surface area contributed by atoms with Crippen LogP contribution in [0, 0.1) is 5.82 Å². The van der Waals surface area contributed by atoms with E-state index in [1.54, 1.807) is 12.1 Å². The smallest absolute Gasteiger partial charge is 0.320 e. The fraction of sp³-hybridized carbons (Fsp3) is 0.409. The topological polar surface area (TPSA) is 26.8 Å². The number of nitrogens with zero attached hydrogens (tertiary/aromatic N) is 3. The number of rotatable bonds is 2. The second-order valence-corrected chi connectivity index (χ2v) is 7.69. The number of carbonyl (C=O) groups is 1. The number of amides is 2. The van der Waals surface area contributed by atoms with Crippen molar-refractivity contribution in [2.75, 3.05) is 33.7 Å². The highest BCUT2D eigenvalue weighted by molar-refractivity contribution is 5.76. The van der Waals surface area contributed by atoms with Crippen molar-refractivity contribution >= 4 is 6.03 Å². The monoisotopic (exact) mass is 367 g/mol. The molecule has 27 heavy (non-hydrogen) atoms. The molecule has 0 saturated carbocycles. The molecular weight excluding hydrogens is 341 g/mol. The average Bonchev–Trinajstić information content (AvgIpc) is 3.13. The Morgan fingerprint density at radius 1 is 1.11 bits per heavy atom. The summed E-state index contributed by atoms with van der Waals surface area (Å²) in [5, 5.41) is 0. The molecule has 2 atom stereocenters. The largest absolute Gasteiger partial charge is 0.323 e. The van der Waals surface area contributed by atoms with Gasteiger partial charge in [0.15, 0.2) is 0 Å². The maximum atomic E-state index is 13.5. The van der Waals surface area contributed by atoms with E-state index in [2.05, 4.69) is 24.1 Å². The van der Waals surface area contributed by atoms with Crippen molar-refractivity contribution in [2.45, 2.75) is 24.9 Å². The summed E-state index contributed by atoms with van der Waals surface area (Å²) in [5.41, 5.74) is 3.36. The lowest BCUT2D eigenvalue weighted by Crippen LogP contribution is -2.50. The van der Waals surface area contributed by atoms with E-state index in [1.807, 2.05) is 29.0 Å². The molecule has 2 aromatic carbocycles. The molecule has 1 saturated heterocycles. The Labute approximate surface area is 160 Å². The summed E-state index contributed by atoms with van der Waals surface area (Å²) in [4.78, 5) is 19.5. The predicted octanol–water partition coefficient (Wildman–Crippen LogP) is 3.53. The van der Waals surface area contributed by atoms with Gasteiger partial charge >= 0.3 is 6.03 Å². The number of carbonyl (C=O) groups excluding carboxylic acids is 1. The Balaban J connectivity index is 1.68. The van der Waals surface area contributed by atoms with Crippen molar-refractivity contribution in [3.8, 4) is 0 Å². The van der Waals surface area contributed by atoms with Crippen LogP contribution in [0.4, 0.5) is 9.18 Å². The van der Waals surface area contributed by atoms with Crippen molar-refractivity contribution in [3.63, 3.8) is 0 Å². The van der Waals surface area contributed by atoms with Crippen LogP contribution in [0.2, 0.25) is 0 Å². The molecule has 4 rings (SSSR count). The summed E-state index contributed by atoms with van der Waals surface area (Å²) in [7, 11) is 4.01. The molecule has 2 aromatic rings. The van der Waals surface area contributed by atoms with Crippen molar-refractivity contribution in [3.05, 3.63) is 71.0 Å². The van der Waals surface area contributed by atoms with E-state index in [4.69, 9.17) is 0 Å². The molecule has 0 aromatic heterocycles. The van der Waals surface area contributed by atoms with E-state index in [0.717, 1.165) is 37.1 Å². The lowest BCUT2D eigenvalue weighted by molar-refractivity contribution is 0.132. The van der Waals surface area contributed by atoms with Gasteiger partial charge in [0.25, 0.3) is 0 Å². The van der Waals surface area contributed by atoms with Gasteiger partial charge in [-0.3, -0.25) is 0 Å². The molecule has 1 unspecified atom stereocenters. The van der Waals surface area contributed by atoms with Gasteiger partial charge < -0.3 is 14.7 Å². The third-order valence-corrected chi connectivity index (χ3v) is 5.93. The van der Waals surface area contributed by atoms with E-state index < -0.39 is 0 Å². The molecule has 4 nitrogen and oxygen atoms in total. The molecule has 2 aliphatic heterocycles. The second-order valence-electron chi connectivity index (χ2n) is 7.69. The third kappa shape index (κ3) is 3.44. The van der Waals surface area contributed by atoms with E-state index in [-0.39, 0.29) is 23.9 Å². The number of urea groups is 1. The van der Waals surface area contributed by atoms with Crippen LogP contribution in [0.1, 0.15) is 29.2 Å². The zero-order chi connectivity index (χ0) is 19.0. The van der Waals surface area contributed by atoms with Gasteiger partial charge in [-0.1, -0.05) is 36.4 Å². The summed E-state index contributed by atoms with van der Waals surface area (Å²) in [6.07, 6.45) is 1.85. The zero-order valence-electron chi connectivity index (χ0n) is 15.9. The fourth-order valence-corrected chi connectivity index (χ4v) is 4.36. The molecule has 0 bridgehead atoms. The normalized spacial score (nSPS) is 22.6. The summed E-state index contributed by atoms with van der Waals surface area (Å²) in [6, 6.07) is 14.9. The second kappa shape index (κ2) is 7.31. The van der Waals surface area contributed by atoms with Crippen LogP contribution in [0.25, 0.3) is 0 Å². The van der Waals surface area contributed by atoms with Crippen molar-refractivity contribution < 1.29 is 9.18 Å². The van der Waals surface area contributed by atoms with Gasteiger partial charge in [0.05, 0.1) is 6.04 Å². The van der Waals surface area contributed by atoms with Crippen molar-refractivity contribution in [1.29, 1.82) is 0 Å². The summed E-state index contributed by atoms with van der Waals surface area (Å²) in [5.74, 6) is -0.258. The molecule has 2 aliphatic rings. The van der Waals surface area contributed by atoms with Crippen LogP contribution in [-0.4, -0.2) is 60.5 Å². The Morgan fingerprint density at radius 2 is 1.85 bits per heavy atom. The van der Waals surface area contributed by atoms with E-state index in [9.17, 15) is 9.18 Å². The minimum absolute atomic E-state index is 0.0547. The first-order valence-electron chi connectivity index (χ1n) is 9.60. The van der Waals surface area contributed by atoms with Gasteiger partial charge in [0.1, 0.15) is 5.82 Å². The number of likely N-dealkylation sites (tertiary alicyclic amines) is 1. The molecule has 5 heteroatoms. The maximum Gasteiger partial charge on any atom is 0.320 e. The molecular formula is C22H26FN3O. The Morgan fingerprint density at radius 3 is 2.56 bits per heavy atom. The fourth-order valence-electron chi connectivity index (χ4n) is 4.36. The van der Waals surface area contributed by atoms with Gasteiger partial charge in [-0.15, -0.1) is 0 Å². The predicted molar refractivity (Wildman–Crippen MR) is 104 cm³/mol. The van der Waals surface area contributed by atoms with Crippen LogP contribution in [0.15, 0.2) is 48.5 Å². The quantitative estimate of drug-likeness (QED) is 0.812. The lowest BCUT2D eigenvalue weighted by Gasteiger charge is -2.41. The summed E-state index contributed by atoms with van der Waals surface area (Å²) in [6.45, 7) is 2.60. The van der Waals surface area contributed by atoms with Gasteiger partial charge in [-0.25, -0.2) is 9.18 Å². The number of halogens is 1. The number of hydrogen-bond acceptors (Lipinski definition) is 2. The number of likely N-dealkylation sites (N-methyl/N-ethyl adjacent to an activating group) is 2. The molecule has 0 N–H and O–H groups in total. The Hall–Kier alpha value is -2.40. The maximum absolute atomic E-state index is 13.5. The Bertz CT molecular complexity index is 823. The van der Waals surface area contributed by atoms with E-state index >= 15 is 0 Å². The average molecular weight is 367 g/mol. The van der Waals surface area contributed by atoms with Crippen molar-refractivity contribution in [2.24, 2.45) is 0 Å². The van der Waals surface area contributed by atoms with Gasteiger partial charge in [-0.2, -0.15) is 0 Å². The number of benzene rings is 2. The van der Waals surface area contributed by atoms with Crippen LogP contribution in [-0.2, 0) is 6.42 Å². The first-order valence-corrected chi connectivity index (χ1v) is 9.60. The number of fused-ring (bicyclic) bond motifs is 1. The zero-order valence-corrected chi connectivity index (χ0v) is 15.9. The molecule has 2 heterocycles. The SMILES string of the molecule is CN1CC[C@H](N(C)C(=O)N2CCc3ccccc3C2c2ccc(F)cc2)C1. The number of hydrogen-bond donors (Lipinski definition) is 0. The van der Waals surface area contributed by atoms with Gasteiger partial charge in [0, 0.05) is 26.2 Å². The first kappa shape index (κ1) is 18.0. The van der Waals surface area contributed by atoms with E-state index in [1.165, 1.54) is 17.7 Å². The molecule has 0 radical (unpaired) electrons. The van der Waals surface area contributed by atoms with Crippen LogP contribution >= 0.6 is 0 Å². The molecule has 142 valence electrons. The standard InChI is InChI=1S/C22H26FN3O/c1-24-13-12-19(15-24)25(2)22(27)26-14-11-16-5-3-4-6-20(16)21(26)17-7-9-18(23)10-8-17/h3-10,19,21H,11-15H2,1-2H3/t19-,21?/m0/s1. The van der Waals surface area contributed by atoms with E-state index in [0.29, 0.717) is 6.54 Å². The molecule has 2 amide bonds. The lowest BCUT2D eigenvalue weighted by atomic mass is 9.88.